The van der Waals surface area contributed by atoms with Crippen LogP contribution in [0.4, 0.5) is 4.79 Å². The van der Waals surface area contributed by atoms with Crippen molar-refractivity contribution in [3.63, 3.8) is 0 Å². The van der Waals surface area contributed by atoms with Crippen LogP contribution >= 0.6 is 0 Å². The number of primary amides is 1. The highest BCUT2D eigenvalue weighted by atomic mass is 16.2. The first-order valence-corrected chi connectivity index (χ1v) is 4.85. The smallest absolute Gasteiger partial charge is 0.315 e. The Balaban J connectivity index is 1.98. The molecule has 0 aromatic rings. The summed E-state index contributed by atoms with van der Waals surface area (Å²) in [5.41, 5.74) is 5.29. The van der Waals surface area contributed by atoms with Gasteiger partial charge in [0.05, 0.1) is 0 Å². The van der Waals surface area contributed by atoms with E-state index in [0.717, 1.165) is 18.9 Å². The maximum atomic E-state index is 11.0. The predicted molar refractivity (Wildman–Crippen MR) is 46.7 cm³/mol. The monoisotopic (exact) mass is 168 g/mol. The first-order chi connectivity index (χ1) is 5.79. The zero-order valence-electron chi connectivity index (χ0n) is 7.33. The Labute approximate surface area is 72.9 Å². The molecule has 2 amide bonds. The Morgan fingerprint density at radius 2 is 2.00 bits per heavy atom. The number of hydrogen-bond donors (Lipinski definition) is 1. The topological polar surface area (TPSA) is 46.3 Å². The van der Waals surface area contributed by atoms with Crippen molar-refractivity contribution in [3.05, 3.63) is 0 Å². The molecule has 3 heteroatoms. The van der Waals surface area contributed by atoms with Gasteiger partial charge in [0, 0.05) is 12.6 Å². The van der Waals surface area contributed by atoms with Crippen LogP contribution in [0.2, 0.25) is 0 Å². The van der Waals surface area contributed by atoms with Gasteiger partial charge in [-0.2, -0.15) is 0 Å². The van der Waals surface area contributed by atoms with Crippen LogP contribution in [0.5, 0.6) is 0 Å². The van der Waals surface area contributed by atoms with E-state index in [1.54, 1.807) is 0 Å². The fraction of sp³-hybridized carbons (Fsp3) is 0.889. The average Bonchev–Trinajstić information content (AvgIpc) is 2.31. The molecule has 0 aromatic heterocycles. The molecular formula is C9H16N2O. The van der Waals surface area contributed by atoms with E-state index in [2.05, 4.69) is 0 Å². The van der Waals surface area contributed by atoms with E-state index in [1.807, 2.05) is 4.90 Å². The molecule has 12 heavy (non-hydrogen) atoms. The van der Waals surface area contributed by atoms with Gasteiger partial charge in [-0.15, -0.1) is 0 Å². The van der Waals surface area contributed by atoms with Crippen molar-refractivity contribution in [3.8, 4) is 0 Å². The van der Waals surface area contributed by atoms with Gasteiger partial charge in [-0.25, -0.2) is 4.79 Å². The minimum absolute atomic E-state index is 0.218. The van der Waals surface area contributed by atoms with Gasteiger partial charge in [0.15, 0.2) is 0 Å². The first kappa shape index (κ1) is 7.90. The number of likely N-dealkylation sites (tertiary alicyclic amines) is 1. The highest BCUT2D eigenvalue weighted by Crippen LogP contribution is 2.36. The van der Waals surface area contributed by atoms with Crippen LogP contribution in [0.15, 0.2) is 0 Å². The number of rotatable bonds is 1. The second kappa shape index (κ2) is 2.96. The third-order valence-electron chi connectivity index (χ3n) is 3.28. The van der Waals surface area contributed by atoms with Gasteiger partial charge < -0.3 is 10.6 Å². The molecule has 1 atom stereocenters. The minimum atomic E-state index is -0.218. The maximum Gasteiger partial charge on any atom is 0.315 e. The normalized spacial score (nSPS) is 30.3. The SMILES string of the molecule is NC(=O)N1CCCC1C1CCC1. The van der Waals surface area contributed by atoms with Gasteiger partial charge in [0.2, 0.25) is 0 Å². The molecule has 2 aliphatic rings. The zero-order chi connectivity index (χ0) is 8.55. The number of nitrogens with two attached hydrogens (primary N) is 1. The van der Waals surface area contributed by atoms with E-state index >= 15 is 0 Å². The van der Waals surface area contributed by atoms with E-state index in [-0.39, 0.29) is 6.03 Å². The Hall–Kier alpha value is -0.730. The van der Waals surface area contributed by atoms with Crippen molar-refractivity contribution >= 4 is 6.03 Å². The van der Waals surface area contributed by atoms with Crippen LogP contribution < -0.4 is 5.73 Å². The fourth-order valence-electron chi connectivity index (χ4n) is 2.38. The molecule has 1 aliphatic carbocycles. The van der Waals surface area contributed by atoms with Crippen molar-refractivity contribution in [1.82, 2.24) is 4.90 Å². The Kier molecular flexibility index (Phi) is 1.95. The van der Waals surface area contributed by atoms with Gasteiger partial charge in [-0.1, -0.05) is 6.42 Å². The predicted octanol–water partition coefficient (Wildman–Crippen LogP) is 1.33. The first-order valence-electron chi connectivity index (χ1n) is 4.85. The molecule has 1 aliphatic heterocycles. The molecule has 0 bridgehead atoms. The van der Waals surface area contributed by atoms with Gasteiger partial charge >= 0.3 is 6.03 Å². The highest BCUT2D eigenvalue weighted by Gasteiger charge is 2.36. The molecule has 0 spiro atoms. The lowest BCUT2D eigenvalue weighted by Gasteiger charge is -2.36. The van der Waals surface area contributed by atoms with Crippen LogP contribution in [-0.2, 0) is 0 Å². The summed E-state index contributed by atoms with van der Waals surface area (Å²) in [6.45, 7) is 0.885. The van der Waals surface area contributed by atoms with E-state index in [1.165, 1.54) is 25.7 Å². The van der Waals surface area contributed by atoms with E-state index in [4.69, 9.17) is 5.73 Å². The standard InChI is InChI=1S/C9H16N2O/c10-9(12)11-6-2-5-8(11)7-3-1-4-7/h7-8H,1-6H2,(H2,10,12). The third kappa shape index (κ3) is 1.17. The summed E-state index contributed by atoms with van der Waals surface area (Å²) in [5, 5.41) is 0. The van der Waals surface area contributed by atoms with Crippen LogP contribution in [0.1, 0.15) is 32.1 Å². The number of nitrogens with zero attached hydrogens (tertiary/aromatic N) is 1. The fourth-order valence-corrected chi connectivity index (χ4v) is 2.38. The van der Waals surface area contributed by atoms with Gasteiger partial charge in [-0.05, 0) is 31.6 Å². The maximum absolute atomic E-state index is 11.0. The lowest BCUT2D eigenvalue weighted by atomic mass is 9.79. The summed E-state index contributed by atoms with van der Waals surface area (Å²) in [6.07, 6.45) is 6.26. The Morgan fingerprint density at radius 3 is 2.50 bits per heavy atom. The van der Waals surface area contributed by atoms with Crippen molar-refractivity contribution in [2.24, 2.45) is 11.7 Å². The molecule has 2 rings (SSSR count). The molecule has 2 fully saturated rings. The van der Waals surface area contributed by atoms with Crippen molar-refractivity contribution in [1.29, 1.82) is 0 Å². The summed E-state index contributed by atoms with van der Waals surface area (Å²) >= 11 is 0. The van der Waals surface area contributed by atoms with Crippen LogP contribution in [0, 0.1) is 5.92 Å². The summed E-state index contributed by atoms with van der Waals surface area (Å²) in [6, 6.07) is 0.264. The van der Waals surface area contributed by atoms with Gasteiger partial charge in [0.1, 0.15) is 0 Å². The van der Waals surface area contributed by atoms with E-state index in [9.17, 15) is 4.79 Å². The van der Waals surface area contributed by atoms with Crippen molar-refractivity contribution in [2.75, 3.05) is 6.54 Å². The Morgan fingerprint density at radius 1 is 1.25 bits per heavy atom. The number of carbonyl (C=O) groups is 1. The minimum Gasteiger partial charge on any atom is -0.351 e. The molecule has 0 radical (unpaired) electrons. The molecule has 1 heterocycles. The van der Waals surface area contributed by atoms with Crippen LogP contribution in [-0.4, -0.2) is 23.5 Å². The van der Waals surface area contributed by atoms with Gasteiger partial charge in [-0.3, -0.25) is 0 Å². The molecule has 1 saturated carbocycles. The molecule has 1 saturated heterocycles. The number of amides is 2. The molecule has 68 valence electrons. The number of urea groups is 1. The summed E-state index contributed by atoms with van der Waals surface area (Å²) < 4.78 is 0. The molecule has 3 nitrogen and oxygen atoms in total. The molecule has 2 N–H and O–H groups in total. The second-order valence-corrected chi connectivity index (χ2v) is 3.93. The number of hydrogen-bond acceptors (Lipinski definition) is 1. The summed E-state index contributed by atoms with van der Waals surface area (Å²) in [7, 11) is 0. The lowest BCUT2D eigenvalue weighted by Crippen LogP contribution is -2.44. The molecule has 1 unspecified atom stereocenters. The molecule has 0 aromatic carbocycles. The Bertz CT molecular complexity index is 189. The van der Waals surface area contributed by atoms with E-state index in [0.29, 0.717) is 6.04 Å². The van der Waals surface area contributed by atoms with E-state index < -0.39 is 0 Å². The van der Waals surface area contributed by atoms with Gasteiger partial charge in [0.25, 0.3) is 0 Å². The lowest BCUT2D eigenvalue weighted by molar-refractivity contribution is 0.145. The zero-order valence-corrected chi connectivity index (χ0v) is 7.33. The summed E-state index contributed by atoms with van der Waals surface area (Å²) in [4.78, 5) is 12.9. The van der Waals surface area contributed by atoms with Crippen LogP contribution in [0.3, 0.4) is 0 Å². The highest BCUT2D eigenvalue weighted by molar-refractivity contribution is 5.72. The average molecular weight is 168 g/mol. The van der Waals surface area contributed by atoms with Crippen LogP contribution in [0.25, 0.3) is 0 Å². The quantitative estimate of drug-likeness (QED) is 0.630. The number of carbonyl (C=O) groups excluding carboxylic acids is 1. The largest absolute Gasteiger partial charge is 0.351 e. The van der Waals surface area contributed by atoms with Crippen molar-refractivity contribution in [2.45, 2.75) is 38.1 Å². The van der Waals surface area contributed by atoms with Crippen molar-refractivity contribution < 1.29 is 4.79 Å². The summed E-state index contributed by atoms with van der Waals surface area (Å²) in [5.74, 6) is 0.764. The second-order valence-electron chi connectivity index (χ2n) is 3.93. The molecular weight excluding hydrogens is 152 g/mol. The third-order valence-corrected chi connectivity index (χ3v) is 3.28.